The molecule has 0 saturated heterocycles. The number of nitrogens with zero attached hydrogens (tertiary/aromatic N) is 1. The van der Waals surface area contributed by atoms with Gasteiger partial charge in [0.05, 0.1) is 11.3 Å². The van der Waals surface area contributed by atoms with Crippen molar-refractivity contribution in [3.8, 4) is 0 Å². The number of carboxylic acid groups (broad SMARTS) is 1. The molecule has 2 N–H and O–H groups in total. The number of hydrogen-bond acceptors (Lipinski definition) is 3. The van der Waals surface area contributed by atoms with E-state index in [-0.39, 0.29) is 11.3 Å². The van der Waals surface area contributed by atoms with Gasteiger partial charge >= 0.3 is 12.0 Å². The van der Waals surface area contributed by atoms with Crippen LogP contribution in [-0.2, 0) is 0 Å². The SMILES string of the molecule is CSCCN(C)C(=O)Nc1ccc(F)cc1C(=O)O. The number of anilines is 1. The molecule has 0 radical (unpaired) electrons. The van der Waals surface area contributed by atoms with Crippen molar-refractivity contribution < 1.29 is 19.1 Å². The normalized spacial score (nSPS) is 10.1. The van der Waals surface area contributed by atoms with Crippen molar-refractivity contribution in [3.05, 3.63) is 29.6 Å². The van der Waals surface area contributed by atoms with Crippen molar-refractivity contribution in [1.29, 1.82) is 0 Å². The zero-order valence-electron chi connectivity index (χ0n) is 10.6. The molecule has 0 unspecified atom stereocenters. The Bertz CT molecular complexity index is 482. The lowest BCUT2D eigenvalue weighted by Crippen LogP contribution is -2.33. The van der Waals surface area contributed by atoms with Crippen LogP contribution in [0.3, 0.4) is 0 Å². The summed E-state index contributed by atoms with van der Waals surface area (Å²) in [7, 11) is 1.61. The Morgan fingerprint density at radius 1 is 1.47 bits per heavy atom. The maximum atomic E-state index is 13.0. The quantitative estimate of drug-likeness (QED) is 0.871. The highest BCUT2D eigenvalue weighted by atomic mass is 32.2. The molecule has 1 rings (SSSR count). The minimum atomic E-state index is -1.29. The van der Waals surface area contributed by atoms with Crippen LogP contribution in [0.1, 0.15) is 10.4 Å². The smallest absolute Gasteiger partial charge is 0.337 e. The molecule has 0 aliphatic rings. The summed E-state index contributed by atoms with van der Waals surface area (Å²) in [6.45, 7) is 0.538. The van der Waals surface area contributed by atoms with E-state index in [9.17, 15) is 14.0 Å². The van der Waals surface area contributed by atoms with Gasteiger partial charge in [0.1, 0.15) is 5.82 Å². The predicted molar refractivity (Wildman–Crippen MR) is 73.4 cm³/mol. The summed E-state index contributed by atoms with van der Waals surface area (Å²) in [5, 5.41) is 11.4. The number of thioether (sulfide) groups is 1. The molecule has 0 spiro atoms. The van der Waals surface area contributed by atoms with Gasteiger partial charge in [0.15, 0.2) is 0 Å². The van der Waals surface area contributed by atoms with Gasteiger partial charge in [-0.15, -0.1) is 0 Å². The molecule has 1 aromatic rings. The summed E-state index contributed by atoms with van der Waals surface area (Å²) in [6.07, 6.45) is 1.92. The molecule has 0 aliphatic carbocycles. The van der Waals surface area contributed by atoms with E-state index in [1.165, 1.54) is 11.0 Å². The summed E-state index contributed by atoms with van der Waals surface area (Å²) >= 11 is 1.60. The van der Waals surface area contributed by atoms with E-state index in [1.54, 1.807) is 18.8 Å². The van der Waals surface area contributed by atoms with E-state index in [4.69, 9.17) is 5.11 Å². The van der Waals surface area contributed by atoms with E-state index in [1.807, 2.05) is 6.26 Å². The summed E-state index contributed by atoms with van der Waals surface area (Å²) in [5.41, 5.74) is -0.193. The lowest BCUT2D eigenvalue weighted by molar-refractivity contribution is 0.0697. The van der Waals surface area contributed by atoms with Crippen LogP contribution in [0.2, 0.25) is 0 Å². The number of rotatable bonds is 5. The second-order valence-electron chi connectivity index (χ2n) is 3.84. The fourth-order valence-electron chi connectivity index (χ4n) is 1.34. The number of carbonyl (C=O) groups excluding carboxylic acids is 1. The molecule has 0 atom stereocenters. The van der Waals surface area contributed by atoms with E-state index in [2.05, 4.69) is 5.32 Å². The largest absolute Gasteiger partial charge is 0.478 e. The molecule has 0 saturated carbocycles. The lowest BCUT2D eigenvalue weighted by Gasteiger charge is -2.18. The molecule has 2 amide bonds. The Morgan fingerprint density at radius 2 is 2.16 bits per heavy atom. The molecule has 0 bridgehead atoms. The van der Waals surface area contributed by atoms with E-state index >= 15 is 0 Å². The van der Waals surface area contributed by atoms with Gasteiger partial charge in [0.25, 0.3) is 0 Å². The first kappa shape index (κ1) is 15.3. The zero-order chi connectivity index (χ0) is 14.4. The fraction of sp³-hybridized carbons (Fsp3) is 0.333. The van der Waals surface area contributed by atoms with Gasteiger partial charge in [-0.2, -0.15) is 11.8 Å². The third-order valence-electron chi connectivity index (χ3n) is 2.43. The highest BCUT2D eigenvalue weighted by molar-refractivity contribution is 7.98. The van der Waals surface area contributed by atoms with Crippen molar-refractivity contribution >= 4 is 29.4 Å². The zero-order valence-corrected chi connectivity index (χ0v) is 11.5. The number of benzene rings is 1. The van der Waals surface area contributed by atoms with E-state index in [0.717, 1.165) is 17.9 Å². The molecule has 0 heterocycles. The van der Waals surface area contributed by atoms with Crippen molar-refractivity contribution in [2.45, 2.75) is 0 Å². The number of aromatic carboxylic acids is 1. The van der Waals surface area contributed by atoms with Gasteiger partial charge < -0.3 is 15.3 Å². The van der Waals surface area contributed by atoms with Crippen LogP contribution < -0.4 is 5.32 Å². The number of nitrogens with one attached hydrogen (secondary N) is 1. The third-order valence-corrected chi connectivity index (χ3v) is 3.02. The van der Waals surface area contributed by atoms with Gasteiger partial charge in [-0.25, -0.2) is 14.0 Å². The Morgan fingerprint density at radius 3 is 2.74 bits per heavy atom. The Balaban J connectivity index is 2.81. The van der Waals surface area contributed by atoms with E-state index in [0.29, 0.717) is 6.54 Å². The van der Waals surface area contributed by atoms with Crippen LogP contribution >= 0.6 is 11.8 Å². The first-order valence-electron chi connectivity index (χ1n) is 5.49. The molecule has 0 fully saturated rings. The first-order valence-corrected chi connectivity index (χ1v) is 6.89. The molecule has 0 aliphatic heterocycles. The summed E-state index contributed by atoms with van der Waals surface area (Å²) in [6, 6.07) is 2.78. The molecular weight excluding hydrogens is 271 g/mol. The van der Waals surface area contributed by atoms with Crippen LogP contribution in [0.5, 0.6) is 0 Å². The van der Waals surface area contributed by atoms with E-state index < -0.39 is 17.8 Å². The molecule has 19 heavy (non-hydrogen) atoms. The number of amides is 2. The first-order chi connectivity index (χ1) is 8.95. The third kappa shape index (κ3) is 4.44. The van der Waals surface area contributed by atoms with Crippen LogP contribution in [0.25, 0.3) is 0 Å². The second-order valence-corrected chi connectivity index (χ2v) is 4.83. The maximum Gasteiger partial charge on any atom is 0.337 e. The summed E-state index contributed by atoms with van der Waals surface area (Å²) in [4.78, 5) is 24.2. The highest BCUT2D eigenvalue weighted by Crippen LogP contribution is 2.17. The van der Waals surface area contributed by atoms with Crippen LogP contribution in [0.4, 0.5) is 14.9 Å². The lowest BCUT2D eigenvalue weighted by atomic mass is 10.1. The fourth-order valence-corrected chi connectivity index (χ4v) is 1.80. The Kier molecular flexibility index (Phi) is 5.62. The molecule has 7 heteroatoms. The molecule has 0 aromatic heterocycles. The van der Waals surface area contributed by atoms with Crippen LogP contribution in [-0.4, -0.2) is 47.6 Å². The van der Waals surface area contributed by atoms with Crippen molar-refractivity contribution in [2.24, 2.45) is 0 Å². The average Bonchev–Trinajstić information content (AvgIpc) is 2.37. The summed E-state index contributed by atoms with van der Waals surface area (Å²) < 4.78 is 13.0. The van der Waals surface area contributed by atoms with Gasteiger partial charge in [-0.05, 0) is 24.5 Å². The number of urea groups is 1. The molecule has 5 nitrogen and oxygen atoms in total. The highest BCUT2D eigenvalue weighted by Gasteiger charge is 2.15. The van der Waals surface area contributed by atoms with Crippen LogP contribution in [0, 0.1) is 5.82 Å². The molecule has 1 aromatic carbocycles. The number of halogens is 1. The van der Waals surface area contributed by atoms with Gasteiger partial charge in [-0.3, -0.25) is 0 Å². The second kappa shape index (κ2) is 6.98. The predicted octanol–water partition coefficient (Wildman–Crippen LogP) is 2.35. The van der Waals surface area contributed by atoms with Gasteiger partial charge in [-0.1, -0.05) is 0 Å². The minimum Gasteiger partial charge on any atom is -0.478 e. The van der Waals surface area contributed by atoms with Gasteiger partial charge in [0, 0.05) is 19.3 Å². The topological polar surface area (TPSA) is 69.6 Å². The summed E-state index contributed by atoms with van der Waals surface area (Å²) in [5.74, 6) is -1.17. The van der Waals surface area contributed by atoms with Crippen molar-refractivity contribution in [3.63, 3.8) is 0 Å². The Labute approximate surface area is 114 Å². The standard InChI is InChI=1S/C12H15FN2O3S/c1-15(5-6-19-2)12(18)14-10-4-3-8(13)7-9(10)11(16)17/h3-4,7H,5-6H2,1-2H3,(H,14,18)(H,16,17). The molecule has 104 valence electrons. The van der Waals surface area contributed by atoms with Crippen molar-refractivity contribution in [1.82, 2.24) is 4.90 Å². The van der Waals surface area contributed by atoms with Crippen LogP contribution in [0.15, 0.2) is 18.2 Å². The Hall–Kier alpha value is -1.76. The number of carbonyl (C=O) groups is 2. The minimum absolute atomic E-state index is 0.0786. The molecular formula is C12H15FN2O3S. The number of carboxylic acids is 1. The van der Waals surface area contributed by atoms with Gasteiger partial charge in [0.2, 0.25) is 0 Å². The number of hydrogen-bond donors (Lipinski definition) is 2. The van der Waals surface area contributed by atoms with Crippen molar-refractivity contribution in [2.75, 3.05) is 30.9 Å². The monoisotopic (exact) mass is 286 g/mol. The average molecular weight is 286 g/mol. The maximum absolute atomic E-state index is 13.0.